The molecule has 0 saturated carbocycles. The molecule has 8 heteroatoms. The van der Waals surface area contributed by atoms with E-state index in [2.05, 4.69) is 30.9 Å². The zero-order valence-electron chi connectivity index (χ0n) is 14.0. The van der Waals surface area contributed by atoms with Gasteiger partial charge in [0.1, 0.15) is 5.75 Å². The molecule has 1 aromatic carbocycles. The van der Waals surface area contributed by atoms with Crippen LogP contribution in [0.1, 0.15) is 24.0 Å². The maximum Gasteiger partial charge on any atom is 0.269 e. The summed E-state index contributed by atoms with van der Waals surface area (Å²) in [6.07, 6.45) is 8.49. The SMILES string of the molecule is O=C(CCCOc1ccc(C=Cc2ccncc2)cc1)Nc1nn[nH]n1. The number of tetrazole rings is 1. The second-order valence-corrected chi connectivity index (χ2v) is 5.42. The molecule has 3 aromatic rings. The van der Waals surface area contributed by atoms with Crippen molar-refractivity contribution in [1.29, 1.82) is 0 Å². The van der Waals surface area contributed by atoms with Crippen molar-refractivity contribution in [3.63, 3.8) is 0 Å². The number of aromatic amines is 1. The first kappa shape index (κ1) is 17.3. The first-order valence-electron chi connectivity index (χ1n) is 8.14. The van der Waals surface area contributed by atoms with Gasteiger partial charge in [0, 0.05) is 18.8 Å². The van der Waals surface area contributed by atoms with Gasteiger partial charge in [-0.25, -0.2) is 0 Å². The van der Waals surface area contributed by atoms with Crippen LogP contribution in [0.15, 0.2) is 48.8 Å². The molecule has 26 heavy (non-hydrogen) atoms. The van der Waals surface area contributed by atoms with Crippen molar-refractivity contribution >= 4 is 24.0 Å². The smallest absolute Gasteiger partial charge is 0.269 e. The van der Waals surface area contributed by atoms with Gasteiger partial charge in [0.05, 0.1) is 6.61 Å². The Balaban J connectivity index is 1.39. The predicted octanol–water partition coefficient (Wildman–Crippen LogP) is 2.56. The van der Waals surface area contributed by atoms with Crippen LogP contribution in [-0.4, -0.2) is 38.1 Å². The summed E-state index contributed by atoms with van der Waals surface area (Å²) >= 11 is 0. The van der Waals surface area contributed by atoms with Crippen LogP contribution in [0.25, 0.3) is 12.2 Å². The lowest BCUT2D eigenvalue weighted by atomic mass is 10.1. The first-order valence-corrected chi connectivity index (χ1v) is 8.14. The lowest BCUT2D eigenvalue weighted by Gasteiger charge is -2.06. The van der Waals surface area contributed by atoms with Crippen molar-refractivity contribution in [2.45, 2.75) is 12.8 Å². The van der Waals surface area contributed by atoms with E-state index in [-0.39, 0.29) is 11.9 Å². The van der Waals surface area contributed by atoms with Crippen LogP contribution in [0.2, 0.25) is 0 Å². The topological polar surface area (TPSA) is 106 Å². The van der Waals surface area contributed by atoms with Gasteiger partial charge in [-0.05, 0) is 47.0 Å². The fraction of sp³-hybridized carbons (Fsp3) is 0.167. The number of pyridine rings is 1. The third kappa shape index (κ3) is 5.52. The number of hydrogen-bond acceptors (Lipinski definition) is 6. The van der Waals surface area contributed by atoms with Crippen LogP contribution in [0.3, 0.4) is 0 Å². The third-order valence-corrected chi connectivity index (χ3v) is 3.47. The Kier molecular flexibility index (Phi) is 6.03. The Hall–Kier alpha value is -3.55. The second kappa shape index (κ2) is 9.07. The summed E-state index contributed by atoms with van der Waals surface area (Å²) < 4.78 is 5.65. The van der Waals surface area contributed by atoms with Crippen LogP contribution in [0, 0.1) is 0 Å². The van der Waals surface area contributed by atoms with E-state index >= 15 is 0 Å². The molecule has 0 fully saturated rings. The molecule has 0 aliphatic carbocycles. The number of carbonyl (C=O) groups excluding carboxylic acids is 1. The lowest BCUT2D eigenvalue weighted by Crippen LogP contribution is -2.13. The molecule has 132 valence electrons. The van der Waals surface area contributed by atoms with Crippen LogP contribution in [-0.2, 0) is 4.79 Å². The Labute approximate surface area is 150 Å². The van der Waals surface area contributed by atoms with Gasteiger partial charge in [-0.15, -0.1) is 5.10 Å². The number of nitrogens with zero attached hydrogens (tertiary/aromatic N) is 4. The van der Waals surface area contributed by atoms with E-state index in [1.807, 2.05) is 48.6 Å². The van der Waals surface area contributed by atoms with E-state index < -0.39 is 0 Å². The monoisotopic (exact) mass is 350 g/mol. The maximum atomic E-state index is 11.7. The molecular formula is C18H18N6O2. The zero-order chi connectivity index (χ0) is 18.0. The quantitative estimate of drug-likeness (QED) is 0.605. The number of aromatic nitrogens is 5. The minimum atomic E-state index is -0.174. The predicted molar refractivity (Wildman–Crippen MR) is 97.1 cm³/mol. The van der Waals surface area contributed by atoms with Gasteiger partial charge >= 0.3 is 0 Å². The van der Waals surface area contributed by atoms with Gasteiger partial charge < -0.3 is 4.74 Å². The number of rotatable bonds is 8. The van der Waals surface area contributed by atoms with Crippen LogP contribution in [0.4, 0.5) is 5.95 Å². The van der Waals surface area contributed by atoms with E-state index in [0.29, 0.717) is 19.4 Å². The highest BCUT2D eigenvalue weighted by atomic mass is 16.5. The van der Waals surface area contributed by atoms with Crippen molar-refractivity contribution in [3.05, 3.63) is 59.9 Å². The molecule has 1 amide bonds. The van der Waals surface area contributed by atoms with Crippen molar-refractivity contribution in [3.8, 4) is 5.75 Å². The number of ether oxygens (including phenoxy) is 1. The normalized spacial score (nSPS) is 10.8. The zero-order valence-corrected chi connectivity index (χ0v) is 14.0. The molecule has 0 aliphatic rings. The standard InChI is InChI=1S/C18H18N6O2/c25-17(20-18-21-23-24-22-18)2-1-13-26-16-7-5-14(6-8-16)3-4-15-9-11-19-12-10-15/h3-12H,1-2,13H2,(H2,20,21,22,23,24,25). The van der Waals surface area contributed by atoms with Gasteiger partial charge in [0.25, 0.3) is 5.95 Å². The molecule has 2 aromatic heterocycles. The fourth-order valence-electron chi connectivity index (χ4n) is 2.17. The van der Waals surface area contributed by atoms with Gasteiger partial charge in [-0.1, -0.05) is 29.4 Å². The molecule has 0 aliphatic heterocycles. The molecule has 3 rings (SSSR count). The maximum absolute atomic E-state index is 11.7. The van der Waals surface area contributed by atoms with Crippen molar-refractivity contribution in [1.82, 2.24) is 25.6 Å². The van der Waals surface area contributed by atoms with E-state index in [1.165, 1.54) is 0 Å². The van der Waals surface area contributed by atoms with E-state index in [0.717, 1.165) is 16.9 Å². The van der Waals surface area contributed by atoms with Gasteiger partial charge in [-0.3, -0.25) is 15.1 Å². The van der Waals surface area contributed by atoms with E-state index in [4.69, 9.17) is 4.74 Å². The largest absolute Gasteiger partial charge is 0.494 e. The molecule has 0 bridgehead atoms. The molecular weight excluding hydrogens is 332 g/mol. The van der Waals surface area contributed by atoms with Gasteiger partial charge in [0.2, 0.25) is 5.91 Å². The fourth-order valence-corrected chi connectivity index (χ4v) is 2.17. The van der Waals surface area contributed by atoms with Gasteiger partial charge in [-0.2, -0.15) is 5.21 Å². The van der Waals surface area contributed by atoms with Crippen molar-refractivity contribution in [2.24, 2.45) is 0 Å². The average Bonchev–Trinajstić information content (AvgIpc) is 3.18. The summed E-state index contributed by atoms with van der Waals surface area (Å²) in [5.74, 6) is 0.766. The summed E-state index contributed by atoms with van der Waals surface area (Å²) in [6.45, 7) is 0.450. The number of H-pyrrole nitrogens is 1. The summed E-state index contributed by atoms with van der Waals surface area (Å²) in [6, 6.07) is 11.7. The number of anilines is 1. The number of carbonyl (C=O) groups is 1. The van der Waals surface area contributed by atoms with Crippen LogP contribution >= 0.6 is 0 Å². The Morgan fingerprint density at radius 1 is 1.08 bits per heavy atom. The third-order valence-electron chi connectivity index (χ3n) is 3.47. The van der Waals surface area contributed by atoms with Crippen molar-refractivity contribution < 1.29 is 9.53 Å². The highest BCUT2D eigenvalue weighted by Crippen LogP contribution is 2.15. The second-order valence-electron chi connectivity index (χ2n) is 5.42. The summed E-state index contributed by atoms with van der Waals surface area (Å²) in [4.78, 5) is 15.6. The Bertz CT molecular complexity index is 832. The molecule has 0 unspecified atom stereocenters. The van der Waals surface area contributed by atoms with Crippen molar-refractivity contribution in [2.75, 3.05) is 11.9 Å². The van der Waals surface area contributed by atoms with Crippen LogP contribution < -0.4 is 10.1 Å². The minimum Gasteiger partial charge on any atom is -0.494 e. The van der Waals surface area contributed by atoms with Crippen LogP contribution in [0.5, 0.6) is 5.75 Å². The lowest BCUT2D eigenvalue weighted by molar-refractivity contribution is -0.116. The highest BCUT2D eigenvalue weighted by Gasteiger charge is 2.05. The molecule has 8 nitrogen and oxygen atoms in total. The minimum absolute atomic E-state index is 0.173. The Morgan fingerprint density at radius 2 is 1.81 bits per heavy atom. The molecule has 2 N–H and O–H groups in total. The number of benzene rings is 1. The molecule has 0 atom stereocenters. The molecule has 0 saturated heterocycles. The summed E-state index contributed by atoms with van der Waals surface area (Å²) in [7, 11) is 0. The average molecular weight is 350 g/mol. The van der Waals surface area contributed by atoms with E-state index in [9.17, 15) is 4.79 Å². The molecule has 2 heterocycles. The first-order chi connectivity index (χ1) is 12.8. The number of amides is 1. The Morgan fingerprint density at radius 3 is 2.50 bits per heavy atom. The molecule has 0 spiro atoms. The number of hydrogen-bond donors (Lipinski definition) is 2. The summed E-state index contributed by atoms with van der Waals surface area (Å²) in [5, 5.41) is 15.5. The molecule has 0 radical (unpaired) electrons. The summed E-state index contributed by atoms with van der Waals surface area (Å²) in [5.41, 5.74) is 2.17. The number of nitrogens with one attached hydrogen (secondary N) is 2. The van der Waals surface area contributed by atoms with E-state index in [1.54, 1.807) is 12.4 Å². The highest BCUT2D eigenvalue weighted by molar-refractivity contribution is 5.88. The van der Waals surface area contributed by atoms with Gasteiger partial charge in [0.15, 0.2) is 0 Å².